The molecule has 6 nitrogen and oxygen atoms in total. The van der Waals surface area contributed by atoms with Crippen LogP contribution in [0, 0.1) is 6.07 Å². The van der Waals surface area contributed by atoms with Crippen molar-refractivity contribution in [3.8, 4) is 34.1 Å². The summed E-state index contributed by atoms with van der Waals surface area (Å²) in [5, 5.41) is 15.6. The largest absolute Gasteiger partial charge is 0.507 e. The molecule has 0 bridgehead atoms. The third kappa shape index (κ3) is 5.03. The minimum absolute atomic E-state index is 0. The monoisotopic (exact) mass is 871 g/mol. The van der Waals surface area contributed by atoms with Crippen molar-refractivity contribution in [3.63, 3.8) is 0 Å². The fourth-order valence-electron chi connectivity index (χ4n) is 7.92. The van der Waals surface area contributed by atoms with Gasteiger partial charge < -0.3 is 18.5 Å². The number of benzene rings is 6. The molecule has 1 N–H and O–H groups in total. The van der Waals surface area contributed by atoms with Crippen LogP contribution >= 0.6 is 0 Å². The predicted molar refractivity (Wildman–Crippen MR) is 210 cm³/mol. The first-order valence-corrected chi connectivity index (χ1v) is 17.8. The van der Waals surface area contributed by atoms with Gasteiger partial charge in [-0.15, -0.1) is 12.1 Å². The number of aromatic nitrogens is 3. The second-order valence-corrected chi connectivity index (χ2v) is 14.2. The molecule has 0 spiro atoms. The number of hydrogen-bond donors (Lipinski definition) is 1. The molecule has 0 saturated carbocycles. The van der Waals surface area contributed by atoms with Gasteiger partial charge in [0.05, 0.1) is 33.7 Å². The molecule has 0 aliphatic rings. The summed E-state index contributed by atoms with van der Waals surface area (Å²) in [5.41, 5.74) is 11.4. The van der Waals surface area contributed by atoms with Gasteiger partial charge in [0.25, 0.3) is 0 Å². The zero-order chi connectivity index (χ0) is 35.2. The fraction of sp³-hybridized carbons (Fsp3) is 0.130. The van der Waals surface area contributed by atoms with Crippen LogP contribution in [-0.4, -0.2) is 19.6 Å². The molecular weight excluding hydrogens is 838 g/mol. The fourth-order valence-corrected chi connectivity index (χ4v) is 7.92. The van der Waals surface area contributed by atoms with Gasteiger partial charge in [-0.05, 0) is 81.6 Å². The number of aromatic hydroxyl groups is 1. The maximum absolute atomic E-state index is 11.1. The van der Waals surface area contributed by atoms with Gasteiger partial charge in [0, 0.05) is 37.7 Å². The number of imidazole rings is 1. The first-order chi connectivity index (χ1) is 25.4. The Hall–Kier alpha value is -5.71. The van der Waals surface area contributed by atoms with E-state index in [-0.39, 0.29) is 26.8 Å². The van der Waals surface area contributed by atoms with Crippen LogP contribution in [0.4, 0.5) is 0 Å². The van der Waals surface area contributed by atoms with Crippen LogP contribution < -0.4 is 0 Å². The summed E-state index contributed by atoms with van der Waals surface area (Å²) in [4.78, 5) is 10.4. The Bertz CT molecular complexity index is 3030. The third-order valence-corrected chi connectivity index (χ3v) is 10.4. The molecule has 0 amide bonds. The van der Waals surface area contributed by atoms with Crippen LogP contribution in [0.25, 0.3) is 94.1 Å². The van der Waals surface area contributed by atoms with E-state index in [4.69, 9.17) is 18.8 Å². The van der Waals surface area contributed by atoms with Crippen LogP contribution in [0.5, 0.6) is 5.75 Å². The summed E-state index contributed by atoms with van der Waals surface area (Å²) in [6, 6.07) is 42.2. The van der Waals surface area contributed by atoms with Crippen LogP contribution in [0.15, 0.2) is 124 Å². The van der Waals surface area contributed by atoms with Gasteiger partial charge in [0.1, 0.15) is 16.8 Å². The summed E-state index contributed by atoms with van der Waals surface area (Å²) >= 11 is 0. The van der Waals surface area contributed by atoms with Gasteiger partial charge in [0.15, 0.2) is 5.58 Å². The number of para-hydroxylation sites is 3. The zero-order valence-corrected chi connectivity index (χ0v) is 31.8. The topological polar surface area (TPSA) is 77.2 Å². The van der Waals surface area contributed by atoms with E-state index in [0.717, 1.165) is 60.5 Å². The normalized spacial score (nSPS) is 12.0. The molecule has 10 rings (SSSR count). The van der Waals surface area contributed by atoms with Gasteiger partial charge in [-0.25, -0.2) is 4.98 Å². The van der Waals surface area contributed by atoms with Crippen molar-refractivity contribution in [2.24, 2.45) is 0 Å². The number of pyridine rings is 1. The quantitative estimate of drug-likeness (QED) is 0.174. The smallest absolute Gasteiger partial charge is 0.153 e. The average molecular weight is 872 g/mol. The molecule has 7 heteroatoms. The van der Waals surface area contributed by atoms with E-state index in [1.54, 1.807) is 6.07 Å². The van der Waals surface area contributed by atoms with E-state index in [0.29, 0.717) is 39.8 Å². The molecule has 4 aromatic heterocycles. The molecule has 262 valence electrons. The molecule has 0 unspecified atom stereocenters. The maximum atomic E-state index is 11.1. The number of rotatable bonds is 5. The number of nitrogens with zero attached hydrogens (tertiary/aromatic N) is 3. The summed E-state index contributed by atoms with van der Waals surface area (Å²) in [6.07, 6.45) is 0. The summed E-state index contributed by atoms with van der Waals surface area (Å²) in [7, 11) is 0. The first kappa shape index (κ1) is 33.1. The number of phenols is 1. The number of fused-ring (bicyclic) bond motifs is 9. The summed E-state index contributed by atoms with van der Waals surface area (Å²) in [5.74, 6) is 1.62. The Morgan fingerprint density at radius 1 is 0.642 bits per heavy atom. The molecule has 0 atom stereocenters. The van der Waals surface area contributed by atoms with Gasteiger partial charge >= 0.3 is 0 Å². The summed E-state index contributed by atoms with van der Waals surface area (Å²) in [6.45, 7) is 9.00. The van der Waals surface area contributed by atoms with Crippen molar-refractivity contribution in [2.45, 2.75) is 39.5 Å². The van der Waals surface area contributed by atoms with E-state index in [1.807, 2.05) is 66.7 Å². The maximum Gasteiger partial charge on any atom is 0.153 e. The molecule has 0 saturated heterocycles. The predicted octanol–water partition coefficient (Wildman–Crippen LogP) is 12.5. The van der Waals surface area contributed by atoms with Crippen molar-refractivity contribution in [2.75, 3.05) is 0 Å². The van der Waals surface area contributed by atoms with Crippen LogP contribution in [0.2, 0.25) is 0 Å². The molecule has 0 aliphatic heterocycles. The van der Waals surface area contributed by atoms with E-state index < -0.39 is 0 Å². The van der Waals surface area contributed by atoms with E-state index in [2.05, 4.69) is 80.8 Å². The van der Waals surface area contributed by atoms with E-state index in [1.165, 1.54) is 16.8 Å². The number of furan rings is 2. The minimum Gasteiger partial charge on any atom is -0.507 e. The van der Waals surface area contributed by atoms with Gasteiger partial charge in [-0.3, -0.25) is 4.98 Å². The van der Waals surface area contributed by atoms with Gasteiger partial charge in [0.2, 0.25) is 0 Å². The number of phenolic OH excluding ortho intramolecular Hbond substituents is 1. The zero-order valence-electron chi connectivity index (χ0n) is 29.5. The van der Waals surface area contributed by atoms with E-state index in [9.17, 15) is 5.11 Å². The Balaban J connectivity index is 0.00000372. The molecule has 0 fully saturated rings. The molecule has 4 heterocycles. The summed E-state index contributed by atoms with van der Waals surface area (Å²) < 4.78 is 15.2. The molecule has 0 aliphatic carbocycles. The van der Waals surface area contributed by atoms with Crippen LogP contribution in [0.1, 0.15) is 50.7 Å². The molecule has 0 radical (unpaired) electrons. The molecule has 53 heavy (non-hydrogen) atoms. The van der Waals surface area contributed by atoms with Gasteiger partial charge in [-0.2, -0.15) is 0 Å². The Morgan fingerprint density at radius 3 is 2.11 bits per heavy atom. The SMILES string of the molecule is CC(C)c1cccc(C(C)C)c1-n1c(-c2[c-]c3c(cc2)oc2ccc4oc5ccc(-c6c(O)ccc7ccccc67)nc5c4c23)nc2ccccc21.[Pt]. The standard InChI is InChI=1S/C46H34N3O3.Pt/c1-25(2)29-12-9-13-30(26(3)4)45(29)49-35-15-8-7-14-33(35)48-46(49)28-17-20-37-32(24-28)42-38(51-37)22-23-39-43(42)44-40(52-39)21-18-34(47-44)41-31-11-6-5-10-27(31)16-19-36(41)50;/h5-23,25-26,50H,1-4H3;/q-1;. The van der Waals surface area contributed by atoms with Gasteiger partial charge in [-0.1, -0.05) is 105 Å². The molecule has 10 aromatic rings. The third-order valence-electron chi connectivity index (χ3n) is 10.4. The first-order valence-electron chi connectivity index (χ1n) is 17.8. The molecule has 6 aromatic carbocycles. The van der Waals surface area contributed by atoms with E-state index >= 15 is 0 Å². The van der Waals surface area contributed by atoms with Crippen molar-refractivity contribution in [3.05, 3.63) is 132 Å². The van der Waals surface area contributed by atoms with Crippen LogP contribution in [-0.2, 0) is 21.1 Å². The number of hydrogen-bond acceptors (Lipinski definition) is 5. The minimum atomic E-state index is 0. The van der Waals surface area contributed by atoms with Crippen LogP contribution in [0.3, 0.4) is 0 Å². The van der Waals surface area contributed by atoms with Crippen molar-refractivity contribution in [1.82, 2.24) is 14.5 Å². The van der Waals surface area contributed by atoms with Crippen molar-refractivity contribution in [1.29, 1.82) is 0 Å². The second kappa shape index (κ2) is 12.5. The Morgan fingerprint density at radius 2 is 1.32 bits per heavy atom. The van der Waals surface area contributed by atoms with Crippen molar-refractivity contribution >= 4 is 65.8 Å². The van der Waals surface area contributed by atoms with Crippen molar-refractivity contribution < 1.29 is 35.0 Å². The average Bonchev–Trinajstić information content (AvgIpc) is 3.84. The second-order valence-electron chi connectivity index (χ2n) is 14.2. The Kier molecular flexibility index (Phi) is 7.79. The Labute approximate surface area is 320 Å². The molecular formula is C46H34N3O3Pt-.